The van der Waals surface area contributed by atoms with Crippen LogP contribution in [-0.4, -0.2) is 67.0 Å². The number of likely N-dealkylation sites (N-methyl/N-ethyl adjacent to an activating group) is 1. The fourth-order valence-electron chi connectivity index (χ4n) is 5.74. The van der Waals surface area contributed by atoms with Crippen LogP contribution < -0.4 is 10.1 Å². The Bertz CT molecular complexity index is 1370. The Hall–Kier alpha value is -3.90. The van der Waals surface area contributed by atoms with Crippen molar-refractivity contribution in [1.29, 1.82) is 0 Å². The molecule has 3 aromatic carbocycles. The fraction of sp³-hybridized carbons (Fsp3) is 0.353. The quantitative estimate of drug-likeness (QED) is 0.431. The summed E-state index contributed by atoms with van der Waals surface area (Å²) >= 11 is 0. The van der Waals surface area contributed by atoms with Crippen molar-refractivity contribution in [2.24, 2.45) is 0 Å². The summed E-state index contributed by atoms with van der Waals surface area (Å²) in [7, 11) is 1.88. The van der Waals surface area contributed by atoms with Crippen LogP contribution >= 0.6 is 0 Å². The van der Waals surface area contributed by atoms with Crippen LogP contribution in [0, 0.1) is 6.92 Å². The molecule has 2 atom stereocenters. The van der Waals surface area contributed by atoms with Crippen molar-refractivity contribution in [3.05, 3.63) is 107 Å². The molecule has 2 bridgehead atoms. The second kappa shape index (κ2) is 12.5. The highest BCUT2D eigenvalue weighted by molar-refractivity contribution is 6.03. The number of rotatable bonds is 9. The average Bonchev–Trinajstić information content (AvgIpc) is 2.97. The van der Waals surface area contributed by atoms with Crippen LogP contribution in [0.4, 0.5) is 0 Å². The van der Waals surface area contributed by atoms with E-state index in [1.54, 1.807) is 6.92 Å². The van der Waals surface area contributed by atoms with Crippen LogP contribution in [0.5, 0.6) is 5.75 Å². The van der Waals surface area contributed by atoms with Crippen molar-refractivity contribution in [2.45, 2.75) is 45.2 Å². The molecule has 2 amide bonds. The number of carbonyl (C=O) groups is 2. The summed E-state index contributed by atoms with van der Waals surface area (Å²) < 4.78 is 6.00. The SMILES string of the molecule is CC(=O)N1C[C@H]2CC(c3ccc(CCOc4ccccc4C)cc3)=C(C(=O)N(C)CCc3ccccc3)[C@@H](C1)N2. The zero-order valence-electron chi connectivity index (χ0n) is 23.7. The van der Waals surface area contributed by atoms with Crippen molar-refractivity contribution in [1.82, 2.24) is 15.1 Å². The molecule has 5 rings (SSSR count). The van der Waals surface area contributed by atoms with Gasteiger partial charge < -0.3 is 19.9 Å². The number of nitrogens with zero attached hydrogens (tertiary/aromatic N) is 2. The molecule has 0 aromatic heterocycles. The molecule has 0 spiro atoms. The average molecular weight is 538 g/mol. The molecule has 1 N–H and O–H groups in total. The first-order valence-electron chi connectivity index (χ1n) is 14.2. The van der Waals surface area contributed by atoms with E-state index in [-0.39, 0.29) is 23.9 Å². The lowest BCUT2D eigenvalue weighted by atomic mass is 9.82. The molecule has 0 saturated carbocycles. The number of para-hydroxylation sites is 1. The van der Waals surface area contributed by atoms with Gasteiger partial charge in [-0.3, -0.25) is 9.59 Å². The van der Waals surface area contributed by atoms with E-state index in [1.807, 2.05) is 53.2 Å². The molecule has 2 heterocycles. The van der Waals surface area contributed by atoms with Crippen LogP contribution in [0.1, 0.15) is 35.6 Å². The van der Waals surface area contributed by atoms with Crippen LogP contribution in [0.3, 0.4) is 0 Å². The molecule has 208 valence electrons. The highest BCUT2D eigenvalue weighted by Gasteiger charge is 2.39. The van der Waals surface area contributed by atoms with Gasteiger partial charge in [-0.25, -0.2) is 0 Å². The van der Waals surface area contributed by atoms with Gasteiger partial charge in [-0.1, -0.05) is 72.8 Å². The van der Waals surface area contributed by atoms with E-state index in [2.05, 4.69) is 54.7 Å². The second-order valence-corrected chi connectivity index (χ2v) is 11.0. The number of fused-ring (bicyclic) bond motifs is 2. The Morgan fingerprint density at radius 2 is 1.62 bits per heavy atom. The normalized spacial score (nSPS) is 18.4. The highest BCUT2D eigenvalue weighted by atomic mass is 16.5. The smallest absolute Gasteiger partial charge is 0.251 e. The van der Waals surface area contributed by atoms with Crippen LogP contribution in [0.25, 0.3) is 5.57 Å². The minimum Gasteiger partial charge on any atom is -0.493 e. The first kappa shape index (κ1) is 27.7. The molecular formula is C34H39N3O3. The Balaban J connectivity index is 1.35. The number of carbonyl (C=O) groups excluding carboxylic acids is 2. The number of hydrogen-bond donors (Lipinski definition) is 1. The van der Waals surface area contributed by atoms with Crippen LogP contribution in [0.2, 0.25) is 0 Å². The number of piperazine rings is 1. The number of ether oxygens (including phenoxy) is 1. The van der Waals surface area contributed by atoms with E-state index >= 15 is 0 Å². The van der Waals surface area contributed by atoms with Gasteiger partial charge in [0.15, 0.2) is 0 Å². The number of hydrogen-bond acceptors (Lipinski definition) is 4. The lowest BCUT2D eigenvalue weighted by molar-refractivity contribution is -0.132. The third-order valence-corrected chi connectivity index (χ3v) is 8.05. The Morgan fingerprint density at radius 3 is 2.35 bits per heavy atom. The predicted octanol–water partition coefficient (Wildman–Crippen LogP) is 4.66. The van der Waals surface area contributed by atoms with Gasteiger partial charge in [0.25, 0.3) is 5.91 Å². The molecule has 0 radical (unpaired) electrons. The summed E-state index contributed by atoms with van der Waals surface area (Å²) in [4.78, 5) is 29.9. The molecule has 6 nitrogen and oxygen atoms in total. The first-order valence-corrected chi connectivity index (χ1v) is 14.2. The zero-order valence-corrected chi connectivity index (χ0v) is 23.7. The van der Waals surface area contributed by atoms with Gasteiger partial charge in [-0.15, -0.1) is 0 Å². The third-order valence-electron chi connectivity index (χ3n) is 8.05. The third kappa shape index (κ3) is 6.45. The maximum absolute atomic E-state index is 14.0. The van der Waals surface area contributed by atoms with E-state index in [0.29, 0.717) is 32.7 Å². The van der Waals surface area contributed by atoms with Crippen molar-refractivity contribution in [3.63, 3.8) is 0 Å². The zero-order chi connectivity index (χ0) is 28.1. The van der Waals surface area contributed by atoms with Crippen molar-refractivity contribution in [2.75, 3.05) is 33.3 Å². The second-order valence-electron chi connectivity index (χ2n) is 11.0. The Morgan fingerprint density at radius 1 is 0.925 bits per heavy atom. The van der Waals surface area contributed by atoms with Crippen molar-refractivity contribution < 1.29 is 14.3 Å². The minimum atomic E-state index is -0.180. The molecule has 40 heavy (non-hydrogen) atoms. The monoisotopic (exact) mass is 537 g/mol. The van der Waals surface area contributed by atoms with Crippen molar-refractivity contribution in [3.8, 4) is 5.75 Å². The Kier molecular flexibility index (Phi) is 8.66. The number of amides is 2. The molecule has 0 aliphatic carbocycles. The maximum atomic E-state index is 14.0. The molecular weight excluding hydrogens is 498 g/mol. The van der Waals surface area contributed by atoms with E-state index in [1.165, 1.54) is 11.1 Å². The predicted molar refractivity (Wildman–Crippen MR) is 159 cm³/mol. The van der Waals surface area contributed by atoms with Gasteiger partial charge in [0.05, 0.1) is 12.6 Å². The number of benzene rings is 3. The summed E-state index contributed by atoms with van der Waals surface area (Å²) in [5, 5.41) is 3.64. The molecule has 1 fully saturated rings. The largest absolute Gasteiger partial charge is 0.493 e. The summed E-state index contributed by atoms with van der Waals surface area (Å²) in [5.74, 6) is 1.01. The number of nitrogens with one attached hydrogen (secondary N) is 1. The van der Waals surface area contributed by atoms with Gasteiger partial charge in [0.1, 0.15) is 5.75 Å². The highest BCUT2D eigenvalue weighted by Crippen LogP contribution is 2.34. The van der Waals surface area contributed by atoms with Gasteiger partial charge in [-0.2, -0.15) is 0 Å². The van der Waals surface area contributed by atoms with E-state index in [9.17, 15) is 9.59 Å². The molecule has 2 aliphatic heterocycles. The van der Waals surface area contributed by atoms with Gasteiger partial charge >= 0.3 is 0 Å². The summed E-state index contributed by atoms with van der Waals surface area (Å²) in [6.45, 7) is 6.08. The minimum absolute atomic E-state index is 0.0305. The summed E-state index contributed by atoms with van der Waals surface area (Å²) in [6.07, 6.45) is 2.32. The van der Waals surface area contributed by atoms with E-state index < -0.39 is 0 Å². The molecule has 1 saturated heterocycles. The first-order chi connectivity index (χ1) is 19.4. The number of aryl methyl sites for hydroxylation is 1. The van der Waals surface area contributed by atoms with E-state index in [4.69, 9.17) is 4.74 Å². The fourth-order valence-corrected chi connectivity index (χ4v) is 5.74. The van der Waals surface area contributed by atoms with E-state index in [0.717, 1.165) is 40.9 Å². The van der Waals surface area contributed by atoms with Crippen LogP contribution in [0.15, 0.2) is 84.4 Å². The molecule has 2 aliphatic rings. The summed E-state index contributed by atoms with van der Waals surface area (Å²) in [5.41, 5.74) is 6.50. The Labute approximate surface area is 237 Å². The maximum Gasteiger partial charge on any atom is 0.251 e. The van der Waals surface area contributed by atoms with Gasteiger partial charge in [-0.05, 0) is 53.7 Å². The standard InChI is InChI=1S/C34H39N3O3/c1-24-9-7-8-12-32(24)40-20-18-27-13-15-28(16-14-27)30-21-29-22-37(25(2)38)23-31(35-29)33(30)34(39)36(3)19-17-26-10-5-4-6-11-26/h4-16,29,31,35H,17-23H2,1-3H3/t29-,31-/m1/s1. The topological polar surface area (TPSA) is 61.9 Å². The van der Waals surface area contributed by atoms with Crippen molar-refractivity contribution >= 4 is 17.4 Å². The lowest BCUT2D eigenvalue weighted by Gasteiger charge is -2.44. The van der Waals surface area contributed by atoms with Crippen LogP contribution in [-0.2, 0) is 22.4 Å². The summed E-state index contributed by atoms with van der Waals surface area (Å²) in [6, 6.07) is 26.8. The molecule has 0 unspecified atom stereocenters. The lowest BCUT2D eigenvalue weighted by Crippen LogP contribution is -2.61. The van der Waals surface area contributed by atoms with Gasteiger partial charge in [0.2, 0.25) is 5.91 Å². The molecule has 6 heteroatoms. The molecule has 3 aromatic rings. The van der Waals surface area contributed by atoms with Gasteiger partial charge in [0, 0.05) is 51.6 Å².